The number of nitrogens with zero attached hydrogens (tertiary/aromatic N) is 3. The summed E-state index contributed by atoms with van der Waals surface area (Å²) < 4.78 is 27.5. The van der Waals surface area contributed by atoms with Gasteiger partial charge in [-0.2, -0.15) is 0 Å². The Morgan fingerprint density at radius 3 is 2.47 bits per heavy atom. The van der Waals surface area contributed by atoms with Gasteiger partial charge in [-0.15, -0.1) is 0 Å². The van der Waals surface area contributed by atoms with E-state index in [1.54, 1.807) is 24.7 Å². The Bertz CT molecular complexity index is 1130. The van der Waals surface area contributed by atoms with Crippen LogP contribution in [0.4, 0.5) is 14.5 Å². The van der Waals surface area contributed by atoms with Gasteiger partial charge in [0.1, 0.15) is 5.82 Å². The largest absolute Gasteiger partial charge is 0.379 e. The van der Waals surface area contributed by atoms with Crippen molar-refractivity contribution in [2.24, 2.45) is 0 Å². The Morgan fingerprint density at radius 2 is 1.81 bits per heavy atom. The van der Waals surface area contributed by atoms with E-state index >= 15 is 0 Å². The quantitative estimate of drug-likeness (QED) is 0.430. The third-order valence-electron chi connectivity index (χ3n) is 5.54. The predicted molar refractivity (Wildman–Crippen MR) is 125 cm³/mol. The van der Waals surface area contributed by atoms with Gasteiger partial charge in [0.05, 0.1) is 11.4 Å². The molecule has 1 aromatic carbocycles. The highest BCUT2D eigenvalue weighted by atomic mass is 35.5. The predicted octanol–water partition coefficient (Wildman–Crippen LogP) is 7.13. The monoisotopic (exact) mass is 454 g/mol. The number of allylic oxidation sites excluding steroid dienone is 2. The standard InChI is InChI=1S/C25H25ClF2N4/c1-16(2)24-31-14-17(15-32-24)13-30-23-20(19-5-3-4-6-21(19)26)9-12-29-22(23)18-7-10-25(27,28)11-8-18/h3-7,9,12,14-16,30H,8,10-11,13H2,1-2H3. The molecule has 0 saturated heterocycles. The Balaban J connectivity index is 1.72. The molecule has 3 aromatic rings. The third kappa shape index (κ3) is 4.96. The number of benzene rings is 1. The van der Waals surface area contributed by atoms with Crippen LogP contribution in [-0.2, 0) is 6.54 Å². The first-order valence-electron chi connectivity index (χ1n) is 10.7. The van der Waals surface area contributed by atoms with Crippen LogP contribution in [0, 0.1) is 0 Å². The average molecular weight is 455 g/mol. The van der Waals surface area contributed by atoms with Gasteiger partial charge in [0.15, 0.2) is 0 Å². The molecule has 4 rings (SSSR count). The van der Waals surface area contributed by atoms with Crippen LogP contribution < -0.4 is 5.32 Å². The van der Waals surface area contributed by atoms with Crippen LogP contribution in [0.5, 0.6) is 0 Å². The normalized spacial score (nSPS) is 15.5. The van der Waals surface area contributed by atoms with Gasteiger partial charge in [-0.1, -0.05) is 49.7 Å². The summed E-state index contributed by atoms with van der Waals surface area (Å²) in [6, 6.07) is 9.46. The number of alkyl halides is 2. The number of hydrogen-bond donors (Lipinski definition) is 1. The summed E-state index contributed by atoms with van der Waals surface area (Å²) in [7, 11) is 0. The van der Waals surface area contributed by atoms with Crippen molar-refractivity contribution in [2.45, 2.75) is 51.5 Å². The summed E-state index contributed by atoms with van der Waals surface area (Å²) >= 11 is 6.49. The first-order chi connectivity index (χ1) is 15.3. The molecular weight excluding hydrogens is 430 g/mol. The van der Waals surface area contributed by atoms with Gasteiger partial charge in [0.2, 0.25) is 0 Å². The zero-order valence-electron chi connectivity index (χ0n) is 18.1. The lowest BCUT2D eigenvalue weighted by atomic mass is 9.91. The van der Waals surface area contributed by atoms with Gasteiger partial charge >= 0.3 is 0 Å². The Hall–Kier alpha value is -2.86. The molecule has 1 aliphatic rings. The smallest absolute Gasteiger partial charge is 0.251 e. The van der Waals surface area contributed by atoms with E-state index in [0.29, 0.717) is 17.3 Å². The number of anilines is 1. The maximum Gasteiger partial charge on any atom is 0.251 e. The highest BCUT2D eigenvalue weighted by Gasteiger charge is 2.32. The lowest BCUT2D eigenvalue weighted by Gasteiger charge is -2.24. The van der Waals surface area contributed by atoms with Crippen LogP contribution in [0.3, 0.4) is 0 Å². The summed E-state index contributed by atoms with van der Waals surface area (Å²) in [6.07, 6.45) is 6.74. The Labute approximate surface area is 191 Å². The summed E-state index contributed by atoms with van der Waals surface area (Å²) in [5.74, 6) is -1.61. The van der Waals surface area contributed by atoms with Crippen LogP contribution in [0.1, 0.15) is 56.1 Å². The second kappa shape index (κ2) is 9.33. The summed E-state index contributed by atoms with van der Waals surface area (Å²) in [5, 5.41) is 4.07. The third-order valence-corrected chi connectivity index (χ3v) is 5.87. The fraction of sp³-hybridized carbons (Fsp3) is 0.320. The summed E-state index contributed by atoms with van der Waals surface area (Å²) in [5.41, 5.74) is 4.91. The van der Waals surface area contributed by atoms with Crippen molar-refractivity contribution in [3.63, 3.8) is 0 Å². The van der Waals surface area contributed by atoms with Gasteiger partial charge in [0.25, 0.3) is 5.92 Å². The van der Waals surface area contributed by atoms with E-state index in [9.17, 15) is 8.78 Å². The van der Waals surface area contributed by atoms with Crippen LogP contribution in [0.15, 0.2) is 55.0 Å². The molecule has 0 radical (unpaired) electrons. The molecule has 32 heavy (non-hydrogen) atoms. The Morgan fingerprint density at radius 1 is 1.06 bits per heavy atom. The van der Waals surface area contributed by atoms with Crippen molar-refractivity contribution in [3.8, 4) is 11.1 Å². The van der Waals surface area contributed by atoms with E-state index in [2.05, 4.69) is 20.3 Å². The number of nitrogens with one attached hydrogen (secondary N) is 1. The zero-order valence-corrected chi connectivity index (χ0v) is 18.8. The molecule has 0 amide bonds. The zero-order chi connectivity index (χ0) is 22.7. The molecule has 7 heteroatoms. The van der Waals surface area contributed by atoms with Crippen molar-refractivity contribution in [3.05, 3.63) is 77.1 Å². The molecule has 0 spiro atoms. The number of aromatic nitrogens is 3. The SMILES string of the molecule is CC(C)c1ncc(CNc2c(-c3ccccc3Cl)ccnc2C2=CCC(F)(F)CC2)cn1. The molecule has 0 unspecified atom stereocenters. The lowest BCUT2D eigenvalue weighted by molar-refractivity contribution is -0.00605. The van der Waals surface area contributed by atoms with Crippen LogP contribution in [0.25, 0.3) is 16.7 Å². The molecule has 2 aromatic heterocycles. The first-order valence-corrected chi connectivity index (χ1v) is 11.1. The highest BCUT2D eigenvalue weighted by molar-refractivity contribution is 6.33. The number of hydrogen-bond acceptors (Lipinski definition) is 4. The topological polar surface area (TPSA) is 50.7 Å². The van der Waals surface area contributed by atoms with Gasteiger partial charge in [-0.3, -0.25) is 4.98 Å². The van der Waals surface area contributed by atoms with E-state index in [4.69, 9.17) is 11.6 Å². The van der Waals surface area contributed by atoms with E-state index in [-0.39, 0.29) is 25.2 Å². The van der Waals surface area contributed by atoms with Gasteiger partial charge in [-0.25, -0.2) is 18.7 Å². The van der Waals surface area contributed by atoms with E-state index in [1.807, 2.05) is 44.2 Å². The minimum absolute atomic E-state index is 0.180. The van der Waals surface area contributed by atoms with E-state index in [1.165, 1.54) is 0 Å². The molecule has 166 valence electrons. The van der Waals surface area contributed by atoms with Crippen LogP contribution >= 0.6 is 11.6 Å². The molecule has 4 nitrogen and oxygen atoms in total. The second-order valence-electron chi connectivity index (χ2n) is 8.31. The number of halogens is 3. The fourth-order valence-corrected chi connectivity index (χ4v) is 3.98. The molecule has 0 atom stereocenters. The second-order valence-corrected chi connectivity index (χ2v) is 8.72. The van der Waals surface area contributed by atoms with Crippen molar-refractivity contribution in [2.75, 3.05) is 5.32 Å². The molecule has 0 fully saturated rings. The molecule has 1 aliphatic carbocycles. The lowest BCUT2D eigenvalue weighted by Crippen LogP contribution is -2.19. The van der Waals surface area contributed by atoms with Crippen LogP contribution in [-0.4, -0.2) is 20.9 Å². The minimum Gasteiger partial charge on any atom is -0.379 e. The number of pyridine rings is 1. The van der Waals surface area contributed by atoms with Crippen LogP contribution in [0.2, 0.25) is 5.02 Å². The van der Waals surface area contributed by atoms with E-state index in [0.717, 1.165) is 33.8 Å². The maximum atomic E-state index is 13.7. The molecular formula is C25H25ClF2N4. The molecule has 1 N–H and O–H groups in total. The highest BCUT2D eigenvalue weighted by Crippen LogP contribution is 2.41. The molecule has 0 bridgehead atoms. The summed E-state index contributed by atoms with van der Waals surface area (Å²) in [4.78, 5) is 13.4. The van der Waals surface area contributed by atoms with E-state index < -0.39 is 5.92 Å². The van der Waals surface area contributed by atoms with Crippen molar-refractivity contribution < 1.29 is 8.78 Å². The maximum absolute atomic E-state index is 13.7. The number of rotatable bonds is 6. The van der Waals surface area contributed by atoms with Gasteiger partial charge < -0.3 is 5.32 Å². The first kappa shape index (κ1) is 22.3. The average Bonchev–Trinajstić information content (AvgIpc) is 2.78. The summed E-state index contributed by atoms with van der Waals surface area (Å²) in [6.45, 7) is 4.57. The van der Waals surface area contributed by atoms with Gasteiger partial charge in [0, 0.05) is 65.6 Å². The molecule has 2 heterocycles. The van der Waals surface area contributed by atoms with Crippen molar-refractivity contribution in [1.82, 2.24) is 15.0 Å². The Kier molecular flexibility index (Phi) is 6.51. The molecule has 0 saturated carbocycles. The molecule has 0 aliphatic heterocycles. The van der Waals surface area contributed by atoms with Crippen molar-refractivity contribution in [1.29, 1.82) is 0 Å². The van der Waals surface area contributed by atoms with Gasteiger partial charge in [-0.05, 0) is 24.1 Å². The van der Waals surface area contributed by atoms with Crippen molar-refractivity contribution >= 4 is 22.9 Å². The fourth-order valence-electron chi connectivity index (χ4n) is 3.74. The minimum atomic E-state index is -2.66.